The lowest BCUT2D eigenvalue weighted by Gasteiger charge is -2.36. The summed E-state index contributed by atoms with van der Waals surface area (Å²) in [5.74, 6) is 6.82. The molecule has 0 aromatic carbocycles. The van der Waals surface area contributed by atoms with Crippen molar-refractivity contribution in [2.75, 3.05) is 23.4 Å². The maximum absolute atomic E-state index is 5.36. The molecule has 1 aromatic rings. The van der Waals surface area contributed by atoms with E-state index in [2.05, 4.69) is 34.1 Å². The van der Waals surface area contributed by atoms with Crippen molar-refractivity contribution in [3.8, 4) is 0 Å². The van der Waals surface area contributed by atoms with Crippen LogP contribution in [0.2, 0.25) is 0 Å². The molecule has 17 heavy (non-hydrogen) atoms. The number of rotatable bonds is 2. The molecule has 1 fully saturated rings. The smallest absolute Gasteiger partial charge is 0.239 e. The summed E-state index contributed by atoms with van der Waals surface area (Å²) in [6.07, 6.45) is 1.81. The number of thioether (sulfide) groups is 1. The Hall–Kier alpha value is -1.01. The monoisotopic (exact) mass is 253 g/mol. The van der Waals surface area contributed by atoms with Crippen molar-refractivity contribution in [3.05, 3.63) is 11.8 Å². The normalized spacial score (nSPS) is 24.8. The van der Waals surface area contributed by atoms with Gasteiger partial charge in [0.2, 0.25) is 5.95 Å². The Morgan fingerprint density at radius 1 is 1.41 bits per heavy atom. The third-order valence-electron chi connectivity index (χ3n) is 2.79. The van der Waals surface area contributed by atoms with Gasteiger partial charge in [-0.15, -0.1) is 0 Å². The molecule has 2 heterocycles. The minimum absolute atomic E-state index is 0.476. The molecule has 2 rings (SSSR count). The number of aryl methyl sites for hydroxylation is 1. The predicted octanol–water partition coefficient (Wildman–Crippen LogP) is 1.40. The summed E-state index contributed by atoms with van der Waals surface area (Å²) in [6.45, 7) is 8.60. The molecule has 6 heteroatoms. The number of hydrazine groups is 1. The Morgan fingerprint density at radius 2 is 2.06 bits per heavy atom. The molecular formula is C11H19N5S. The number of nitrogen functional groups attached to an aromatic ring is 1. The summed E-state index contributed by atoms with van der Waals surface area (Å²) in [4.78, 5) is 10.9. The van der Waals surface area contributed by atoms with E-state index in [0.717, 1.165) is 24.5 Å². The second-order valence-electron chi connectivity index (χ2n) is 4.51. The highest BCUT2D eigenvalue weighted by molar-refractivity contribution is 8.00. The fraction of sp³-hybridized carbons (Fsp3) is 0.636. The van der Waals surface area contributed by atoms with Gasteiger partial charge in [-0.1, -0.05) is 13.8 Å². The lowest BCUT2D eigenvalue weighted by molar-refractivity contribution is 0.715. The first-order chi connectivity index (χ1) is 8.10. The highest BCUT2D eigenvalue weighted by Crippen LogP contribution is 2.29. The van der Waals surface area contributed by atoms with Gasteiger partial charge in [-0.05, 0) is 6.92 Å². The zero-order valence-electron chi connectivity index (χ0n) is 10.5. The second-order valence-corrected chi connectivity index (χ2v) is 6.39. The van der Waals surface area contributed by atoms with E-state index in [1.54, 1.807) is 0 Å². The molecule has 5 nitrogen and oxygen atoms in total. The third kappa shape index (κ3) is 2.81. The van der Waals surface area contributed by atoms with Crippen LogP contribution < -0.4 is 16.2 Å². The van der Waals surface area contributed by atoms with Gasteiger partial charge in [0.05, 0.1) is 0 Å². The summed E-state index contributed by atoms with van der Waals surface area (Å²) >= 11 is 2.03. The molecule has 0 amide bonds. The van der Waals surface area contributed by atoms with Crippen molar-refractivity contribution in [1.29, 1.82) is 0 Å². The number of hydrogen-bond acceptors (Lipinski definition) is 6. The average Bonchev–Trinajstić information content (AvgIpc) is 2.28. The number of nitrogens with two attached hydrogens (primary N) is 1. The number of nitrogens with one attached hydrogen (secondary N) is 1. The number of nitrogens with zero attached hydrogens (tertiary/aromatic N) is 3. The number of anilines is 2. The molecular weight excluding hydrogens is 234 g/mol. The van der Waals surface area contributed by atoms with Gasteiger partial charge < -0.3 is 4.90 Å². The van der Waals surface area contributed by atoms with Crippen LogP contribution in [0.1, 0.15) is 19.4 Å². The van der Waals surface area contributed by atoms with Crippen molar-refractivity contribution in [2.24, 2.45) is 5.84 Å². The van der Waals surface area contributed by atoms with Crippen LogP contribution in [0.5, 0.6) is 0 Å². The van der Waals surface area contributed by atoms with Crippen molar-refractivity contribution < 1.29 is 0 Å². The van der Waals surface area contributed by atoms with Gasteiger partial charge in [0.1, 0.15) is 5.82 Å². The van der Waals surface area contributed by atoms with Gasteiger partial charge in [-0.2, -0.15) is 16.7 Å². The molecule has 94 valence electrons. The molecule has 0 spiro atoms. The second kappa shape index (κ2) is 5.10. The molecule has 1 aliphatic rings. The van der Waals surface area contributed by atoms with Gasteiger partial charge in [0, 0.05) is 35.3 Å². The fourth-order valence-corrected chi connectivity index (χ4v) is 3.50. The maximum atomic E-state index is 5.36. The third-order valence-corrected chi connectivity index (χ3v) is 4.02. The van der Waals surface area contributed by atoms with Crippen molar-refractivity contribution in [3.63, 3.8) is 0 Å². The first-order valence-electron chi connectivity index (χ1n) is 5.81. The van der Waals surface area contributed by atoms with Gasteiger partial charge in [-0.25, -0.2) is 10.8 Å². The standard InChI is InChI=1S/C11H19N5S/c1-7-4-13-11(15-12)14-10(7)16-5-8(2)17-9(3)6-16/h4,8-9H,5-6,12H2,1-3H3,(H,13,14,15). The molecule has 3 N–H and O–H groups in total. The van der Waals surface area contributed by atoms with Crippen LogP contribution in [0, 0.1) is 6.92 Å². The number of aromatic nitrogens is 2. The van der Waals surface area contributed by atoms with E-state index < -0.39 is 0 Å². The van der Waals surface area contributed by atoms with Crippen LogP contribution in [-0.2, 0) is 0 Å². The maximum Gasteiger partial charge on any atom is 0.239 e. The Morgan fingerprint density at radius 3 is 2.65 bits per heavy atom. The van der Waals surface area contributed by atoms with Crippen LogP contribution in [0.15, 0.2) is 6.20 Å². The lowest BCUT2D eigenvalue weighted by atomic mass is 10.2. The van der Waals surface area contributed by atoms with Crippen LogP contribution >= 0.6 is 11.8 Å². The van der Waals surface area contributed by atoms with E-state index in [9.17, 15) is 0 Å². The van der Waals surface area contributed by atoms with Crippen molar-refractivity contribution in [2.45, 2.75) is 31.3 Å². The van der Waals surface area contributed by atoms with E-state index in [1.165, 1.54) is 0 Å². The zero-order chi connectivity index (χ0) is 12.4. The van der Waals surface area contributed by atoms with Crippen LogP contribution in [0.25, 0.3) is 0 Å². The van der Waals surface area contributed by atoms with Crippen LogP contribution in [0.4, 0.5) is 11.8 Å². The topological polar surface area (TPSA) is 67.1 Å². The molecule has 0 bridgehead atoms. The molecule has 1 aliphatic heterocycles. The molecule has 1 saturated heterocycles. The van der Waals surface area contributed by atoms with Gasteiger partial charge >= 0.3 is 0 Å². The fourth-order valence-electron chi connectivity index (χ4n) is 2.17. The Labute approximate surface area is 106 Å². The molecule has 0 aliphatic carbocycles. The summed E-state index contributed by atoms with van der Waals surface area (Å²) in [5.41, 5.74) is 3.59. The number of hydrogen-bond donors (Lipinski definition) is 2. The molecule has 1 aromatic heterocycles. The molecule has 0 saturated carbocycles. The van der Waals surface area contributed by atoms with E-state index in [1.807, 2.05) is 24.9 Å². The van der Waals surface area contributed by atoms with Crippen LogP contribution in [0.3, 0.4) is 0 Å². The quantitative estimate of drug-likeness (QED) is 0.613. The Balaban J connectivity index is 2.26. The van der Waals surface area contributed by atoms with E-state index in [-0.39, 0.29) is 0 Å². The highest BCUT2D eigenvalue weighted by atomic mass is 32.2. The van der Waals surface area contributed by atoms with Crippen LogP contribution in [-0.4, -0.2) is 33.6 Å². The Kier molecular flexibility index (Phi) is 3.73. The lowest BCUT2D eigenvalue weighted by Crippen LogP contribution is -2.41. The zero-order valence-corrected chi connectivity index (χ0v) is 11.3. The molecule has 0 radical (unpaired) electrons. The minimum Gasteiger partial charge on any atom is -0.354 e. The highest BCUT2D eigenvalue weighted by Gasteiger charge is 2.24. The summed E-state index contributed by atoms with van der Waals surface area (Å²) in [6, 6.07) is 0. The molecule has 2 atom stereocenters. The molecule has 2 unspecified atom stereocenters. The van der Waals surface area contributed by atoms with E-state index >= 15 is 0 Å². The van der Waals surface area contributed by atoms with Gasteiger partial charge in [-0.3, -0.25) is 5.43 Å². The largest absolute Gasteiger partial charge is 0.354 e. The van der Waals surface area contributed by atoms with Crippen molar-refractivity contribution >= 4 is 23.5 Å². The average molecular weight is 253 g/mol. The first kappa shape index (κ1) is 12.4. The summed E-state index contributed by atoms with van der Waals surface area (Å²) in [7, 11) is 0. The van der Waals surface area contributed by atoms with Gasteiger partial charge in [0.15, 0.2) is 0 Å². The minimum atomic E-state index is 0.476. The first-order valence-corrected chi connectivity index (χ1v) is 6.75. The van der Waals surface area contributed by atoms with Crippen molar-refractivity contribution in [1.82, 2.24) is 9.97 Å². The van der Waals surface area contributed by atoms with Gasteiger partial charge in [0.25, 0.3) is 0 Å². The predicted molar refractivity (Wildman–Crippen MR) is 73.3 cm³/mol. The SMILES string of the molecule is Cc1cnc(NN)nc1N1CC(C)SC(C)C1. The van der Waals surface area contributed by atoms with E-state index in [4.69, 9.17) is 5.84 Å². The summed E-state index contributed by atoms with van der Waals surface area (Å²) in [5, 5.41) is 1.25. The summed E-state index contributed by atoms with van der Waals surface area (Å²) < 4.78 is 0. The Bertz CT molecular complexity index is 387. The van der Waals surface area contributed by atoms with E-state index in [0.29, 0.717) is 16.4 Å².